The van der Waals surface area contributed by atoms with E-state index in [4.69, 9.17) is 4.74 Å². The Hall–Kier alpha value is -3.32. The lowest BCUT2D eigenvalue weighted by Crippen LogP contribution is -2.28. The Balaban J connectivity index is 1.68. The third-order valence-corrected chi connectivity index (χ3v) is 6.53. The van der Waals surface area contributed by atoms with Gasteiger partial charge in [-0.15, -0.1) is 0 Å². The zero-order valence-corrected chi connectivity index (χ0v) is 19.5. The summed E-state index contributed by atoms with van der Waals surface area (Å²) in [5.74, 6) is 0.376. The van der Waals surface area contributed by atoms with Crippen LogP contribution in [0.3, 0.4) is 0 Å². The molecule has 0 atom stereocenters. The fourth-order valence-electron chi connectivity index (χ4n) is 3.22. The number of anilines is 1. The summed E-state index contributed by atoms with van der Waals surface area (Å²) in [5.41, 5.74) is 4.21. The molecular weight excluding hydrogens is 424 g/mol. The fourth-order valence-corrected chi connectivity index (χ4v) is 4.61. The summed E-state index contributed by atoms with van der Waals surface area (Å²) in [4.78, 5) is 12.6. The standard InChI is InChI=1S/C25H28N2O4S/c1-17-6-5-7-22(14-17)31-13-12-26-25(28)21-11-10-20(4)24(16-21)32(29,30)27-23-15-18(2)8-9-19(23)3/h5-11,14-16,27H,12-13H2,1-4H3,(H,26,28). The highest BCUT2D eigenvalue weighted by atomic mass is 32.2. The number of carbonyl (C=O) groups excluding carboxylic acids is 1. The highest BCUT2D eigenvalue weighted by Gasteiger charge is 2.20. The maximum Gasteiger partial charge on any atom is 0.262 e. The van der Waals surface area contributed by atoms with Gasteiger partial charge in [-0.1, -0.05) is 30.3 Å². The fraction of sp³-hybridized carbons (Fsp3) is 0.240. The van der Waals surface area contributed by atoms with Crippen molar-refractivity contribution < 1.29 is 17.9 Å². The van der Waals surface area contributed by atoms with Gasteiger partial charge < -0.3 is 10.1 Å². The van der Waals surface area contributed by atoms with Crippen molar-refractivity contribution >= 4 is 21.6 Å². The van der Waals surface area contributed by atoms with Crippen molar-refractivity contribution in [1.29, 1.82) is 0 Å². The molecule has 0 aromatic heterocycles. The van der Waals surface area contributed by atoms with Gasteiger partial charge in [0.05, 0.1) is 17.1 Å². The van der Waals surface area contributed by atoms with Gasteiger partial charge in [0.2, 0.25) is 0 Å². The van der Waals surface area contributed by atoms with E-state index in [1.54, 1.807) is 25.1 Å². The summed E-state index contributed by atoms with van der Waals surface area (Å²) in [5, 5.41) is 2.77. The summed E-state index contributed by atoms with van der Waals surface area (Å²) < 4.78 is 34.4. The van der Waals surface area contributed by atoms with E-state index < -0.39 is 10.0 Å². The average Bonchev–Trinajstić information content (AvgIpc) is 2.74. The van der Waals surface area contributed by atoms with Crippen LogP contribution in [-0.2, 0) is 10.0 Å². The lowest BCUT2D eigenvalue weighted by atomic mass is 10.1. The highest BCUT2D eigenvalue weighted by molar-refractivity contribution is 7.92. The molecule has 0 unspecified atom stereocenters. The van der Waals surface area contributed by atoms with Gasteiger partial charge in [-0.2, -0.15) is 0 Å². The van der Waals surface area contributed by atoms with Crippen LogP contribution in [0.5, 0.6) is 5.75 Å². The van der Waals surface area contributed by atoms with Crippen molar-refractivity contribution in [3.8, 4) is 5.75 Å². The van der Waals surface area contributed by atoms with Crippen LogP contribution >= 0.6 is 0 Å². The molecule has 32 heavy (non-hydrogen) atoms. The van der Waals surface area contributed by atoms with E-state index in [-0.39, 0.29) is 16.4 Å². The number of carbonyl (C=O) groups is 1. The number of amides is 1. The summed E-state index contributed by atoms with van der Waals surface area (Å²) in [7, 11) is -3.86. The Morgan fingerprint density at radius 3 is 2.34 bits per heavy atom. The Morgan fingerprint density at radius 1 is 0.875 bits per heavy atom. The second-order valence-electron chi connectivity index (χ2n) is 7.83. The maximum atomic E-state index is 13.0. The second-order valence-corrected chi connectivity index (χ2v) is 9.48. The van der Waals surface area contributed by atoms with Gasteiger partial charge in [-0.25, -0.2) is 8.42 Å². The first-order chi connectivity index (χ1) is 15.2. The van der Waals surface area contributed by atoms with Crippen LogP contribution in [0.1, 0.15) is 32.6 Å². The topological polar surface area (TPSA) is 84.5 Å². The molecule has 2 N–H and O–H groups in total. The largest absolute Gasteiger partial charge is 0.492 e. The first-order valence-electron chi connectivity index (χ1n) is 10.3. The lowest BCUT2D eigenvalue weighted by molar-refractivity contribution is 0.0946. The quantitative estimate of drug-likeness (QED) is 0.492. The van der Waals surface area contributed by atoms with Gasteiger partial charge in [0, 0.05) is 5.56 Å². The number of hydrogen-bond donors (Lipinski definition) is 2. The number of sulfonamides is 1. The molecule has 168 valence electrons. The molecule has 1 amide bonds. The second kappa shape index (κ2) is 9.87. The number of hydrogen-bond acceptors (Lipinski definition) is 4. The molecule has 0 aliphatic carbocycles. The van der Waals surface area contributed by atoms with E-state index in [0.29, 0.717) is 24.4 Å². The SMILES string of the molecule is Cc1cccc(OCCNC(=O)c2ccc(C)c(S(=O)(=O)Nc3cc(C)ccc3C)c2)c1. The van der Waals surface area contributed by atoms with Crippen LogP contribution < -0.4 is 14.8 Å². The minimum absolute atomic E-state index is 0.0714. The zero-order chi connectivity index (χ0) is 23.3. The van der Waals surface area contributed by atoms with Gasteiger partial charge in [-0.3, -0.25) is 9.52 Å². The van der Waals surface area contributed by atoms with Gasteiger partial charge >= 0.3 is 0 Å². The van der Waals surface area contributed by atoms with E-state index in [9.17, 15) is 13.2 Å². The third-order valence-electron chi connectivity index (χ3n) is 5.02. The number of aryl methyl sites for hydroxylation is 4. The molecule has 7 heteroatoms. The molecule has 0 bridgehead atoms. The molecule has 6 nitrogen and oxygen atoms in total. The number of benzene rings is 3. The van der Waals surface area contributed by atoms with Crippen molar-refractivity contribution in [2.75, 3.05) is 17.9 Å². The highest BCUT2D eigenvalue weighted by Crippen LogP contribution is 2.24. The Kier molecular flexibility index (Phi) is 7.20. The van der Waals surface area contributed by atoms with Gasteiger partial charge in [0.25, 0.3) is 15.9 Å². The van der Waals surface area contributed by atoms with E-state index in [1.165, 1.54) is 6.07 Å². The molecule has 0 radical (unpaired) electrons. The minimum Gasteiger partial charge on any atom is -0.492 e. The molecule has 3 aromatic carbocycles. The Bertz CT molecular complexity index is 1240. The predicted molar refractivity (Wildman–Crippen MR) is 127 cm³/mol. The summed E-state index contributed by atoms with van der Waals surface area (Å²) in [6, 6.07) is 17.9. The molecule has 0 saturated heterocycles. The molecular formula is C25H28N2O4S. The zero-order valence-electron chi connectivity index (χ0n) is 18.7. The van der Waals surface area contributed by atoms with Crippen LogP contribution in [0.2, 0.25) is 0 Å². The normalized spacial score (nSPS) is 11.1. The average molecular weight is 453 g/mol. The van der Waals surface area contributed by atoms with Crippen molar-refractivity contribution in [3.05, 3.63) is 88.5 Å². The van der Waals surface area contributed by atoms with Crippen molar-refractivity contribution in [1.82, 2.24) is 5.32 Å². The van der Waals surface area contributed by atoms with Crippen LogP contribution in [0.25, 0.3) is 0 Å². The Morgan fingerprint density at radius 2 is 1.59 bits per heavy atom. The van der Waals surface area contributed by atoms with Gasteiger partial charge in [0.1, 0.15) is 12.4 Å². The summed E-state index contributed by atoms with van der Waals surface area (Å²) in [6.45, 7) is 8.02. The smallest absolute Gasteiger partial charge is 0.262 e. The molecule has 0 aliphatic heterocycles. The van der Waals surface area contributed by atoms with Crippen molar-refractivity contribution in [2.24, 2.45) is 0 Å². The molecule has 0 saturated carbocycles. The Labute approximate surface area is 189 Å². The number of ether oxygens (including phenoxy) is 1. The third kappa shape index (κ3) is 5.88. The van der Waals surface area contributed by atoms with E-state index in [0.717, 1.165) is 22.4 Å². The van der Waals surface area contributed by atoms with E-state index in [1.807, 2.05) is 57.2 Å². The molecule has 0 aliphatic rings. The van der Waals surface area contributed by atoms with Crippen LogP contribution in [0.4, 0.5) is 5.69 Å². The predicted octanol–water partition coefficient (Wildman–Crippen LogP) is 4.53. The molecule has 3 rings (SSSR count). The first-order valence-corrected chi connectivity index (χ1v) is 11.8. The van der Waals surface area contributed by atoms with Crippen LogP contribution in [0, 0.1) is 27.7 Å². The lowest BCUT2D eigenvalue weighted by Gasteiger charge is -2.14. The van der Waals surface area contributed by atoms with Gasteiger partial charge in [0.15, 0.2) is 0 Å². The number of nitrogens with one attached hydrogen (secondary N) is 2. The van der Waals surface area contributed by atoms with Gasteiger partial charge in [-0.05, 0) is 80.3 Å². The molecule has 3 aromatic rings. The molecule has 0 fully saturated rings. The first kappa shape index (κ1) is 23.3. The van der Waals surface area contributed by atoms with Crippen LogP contribution in [-0.4, -0.2) is 27.5 Å². The minimum atomic E-state index is -3.86. The van der Waals surface area contributed by atoms with Crippen molar-refractivity contribution in [3.63, 3.8) is 0 Å². The molecule has 0 spiro atoms. The monoisotopic (exact) mass is 452 g/mol. The van der Waals surface area contributed by atoms with Crippen molar-refractivity contribution in [2.45, 2.75) is 32.6 Å². The van der Waals surface area contributed by atoms with Crippen LogP contribution in [0.15, 0.2) is 65.6 Å². The summed E-state index contributed by atoms with van der Waals surface area (Å²) >= 11 is 0. The molecule has 0 heterocycles. The summed E-state index contributed by atoms with van der Waals surface area (Å²) in [6.07, 6.45) is 0. The van der Waals surface area contributed by atoms with E-state index in [2.05, 4.69) is 10.0 Å². The van der Waals surface area contributed by atoms with E-state index >= 15 is 0 Å². The maximum absolute atomic E-state index is 13.0. The number of rotatable bonds is 8.